The zero-order valence-electron chi connectivity index (χ0n) is 13.7. The molecule has 0 fully saturated rings. The second-order valence-corrected chi connectivity index (χ2v) is 6.61. The van der Waals surface area contributed by atoms with Crippen LogP contribution in [0.3, 0.4) is 0 Å². The summed E-state index contributed by atoms with van der Waals surface area (Å²) in [7, 11) is 0. The van der Waals surface area contributed by atoms with Crippen molar-refractivity contribution >= 4 is 27.5 Å². The molecule has 0 amide bonds. The van der Waals surface area contributed by atoms with E-state index in [1.54, 1.807) is 18.3 Å². The first-order valence-corrected chi connectivity index (χ1v) is 8.51. The summed E-state index contributed by atoms with van der Waals surface area (Å²) in [6.45, 7) is -0.250. The van der Waals surface area contributed by atoms with Crippen molar-refractivity contribution in [3.05, 3.63) is 80.3 Å². The highest BCUT2D eigenvalue weighted by Gasteiger charge is 2.30. The van der Waals surface area contributed by atoms with Crippen LogP contribution >= 0.6 is 15.9 Å². The van der Waals surface area contributed by atoms with E-state index in [9.17, 15) is 22.8 Å². The maximum absolute atomic E-state index is 12.7. The quantitative estimate of drug-likeness (QED) is 0.579. The van der Waals surface area contributed by atoms with E-state index in [2.05, 4.69) is 20.9 Å². The van der Waals surface area contributed by atoms with Crippen molar-refractivity contribution in [1.29, 1.82) is 0 Å². The van der Waals surface area contributed by atoms with Gasteiger partial charge in [0.2, 0.25) is 0 Å². The van der Waals surface area contributed by atoms with Crippen molar-refractivity contribution in [2.45, 2.75) is 19.2 Å². The first kappa shape index (κ1) is 19.1. The molecule has 0 N–H and O–H groups in total. The fourth-order valence-corrected chi connectivity index (χ4v) is 2.77. The summed E-state index contributed by atoms with van der Waals surface area (Å²) < 4.78 is 45.2. The second-order valence-electron chi connectivity index (χ2n) is 5.70. The molecule has 0 spiro atoms. The highest BCUT2D eigenvalue weighted by atomic mass is 79.9. The van der Waals surface area contributed by atoms with Crippen LogP contribution in [0.1, 0.15) is 16.8 Å². The van der Waals surface area contributed by atoms with Gasteiger partial charge in [-0.05, 0) is 39.7 Å². The van der Waals surface area contributed by atoms with Gasteiger partial charge in [-0.2, -0.15) is 13.2 Å². The smallest absolute Gasteiger partial charge is 0.416 e. The first-order chi connectivity index (χ1) is 12.7. The molecule has 2 aromatic heterocycles. The van der Waals surface area contributed by atoms with E-state index in [0.29, 0.717) is 10.1 Å². The summed E-state index contributed by atoms with van der Waals surface area (Å²) in [6, 6.07) is 9.05. The molecule has 27 heavy (non-hydrogen) atoms. The number of aromatic nitrogens is 2. The minimum atomic E-state index is -4.48. The van der Waals surface area contributed by atoms with Gasteiger partial charge >= 0.3 is 12.1 Å². The molecule has 0 aliphatic rings. The van der Waals surface area contributed by atoms with Crippen LogP contribution in [0, 0.1) is 0 Å². The minimum absolute atomic E-state index is 0.186. The van der Waals surface area contributed by atoms with Crippen LogP contribution in [0.25, 0.3) is 5.65 Å². The number of carbonyl (C=O) groups excluding carboxylic acids is 1. The van der Waals surface area contributed by atoms with Gasteiger partial charge in [0.25, 0.3) is 5.56 Å². The van der Waals surface area contributed by atoms with E-state index >= 15 is 0 Å². The van der Waals surface area contributed by atoms with Gasteiger partial charge in [0.1, 0.15) is 12.3 Å². The van der Waals surface area contributed by atoms with Crippen LogP contribution in [0.2, 0.25) is 0 Å². The fourth-order valence-electron chi connectivity index (χ4n) is 2.43. The molecule has 0 radical (unpaired) electrons. The molecule has 140 valence electrons. The van der Waals surface area contributed by atoms with Gasteiger partial charge in [-0.25, -0.2) is 4.98 Å². The summed E-state index contributed by atoms with van der Waals surface area (Å²) in [4.78, 5) is 28.2. The van der Waals surface area contributed by atoms with Crippen molar-refractivity contribution in [3.63, 3.8) is 0 Å². The van der Waals surface area contributed by atoms with Crippen LogP contribution in [0.15, 0.2) is 57.9 Å². The number of hydrogen-bond donors (Lipinski definition) is 0. The molecule has 5 nitrogen and oxygen atoms in total. The van der Waals surface area contributed by atoms with Crippen molar-refractivity contribution in [2.75, 3.05) is 0 Å². The van der Waals surface area contributed by atoms with Gasteiger partial charge in [-0.3, -0.25) is 14.0 Å². The Kier molecular flexibility index (Phi) is 5.31. The highest BCUT2D eigenvalue weighted by Crippen LogP contribution is 2.29. The Hall–Kier alpha value is -2.68. The van der Waals surface area contributed by atoms with Gasteiger partial charge in [-0.1, -0.05) is 18.2 Å². The maximum Gasteiger partial charge on any atom is 0.416 e. The number of nitrogens with zero attached hydrogens (tertiary/aromatic N) is 2. The Morgan fingerprint density at radius 1 is 1.19 bits per heavy atom. The molecule has 0 aliphatic heterocycles. The zero-order valence-corrected chi connectivity index (χ0v) is 15.3. The normalized spacial score (nSPS) is 11.6. The topological polar surface area (TPSA) is 60.7 Å². The molecule has 0 bridgehead atoms. The predicted molar refractivity (Wildman–Crippen MR) is 94.1 cm³/mol. The number of hydrogen-bond acceptors (Lipinski definition) is 4. The Morgan fingerprint density at radius 2 is 1.96 bits per heavy atom. The molecular weight excluding hydrogens is 429 g/mol. The van der Waals surface area contributed by atoms with E-state index in [1.807, 2.05) is 0 Å². The molecule has 2 heterocycles. The zero-order chi connectivity index (χ0) is 19.6. The lowest BCUT2D eigenvalue weighted by Gasteiger charge is -2.09. The van der Waals surface area contributed by atoms with Crippen molar-refractivity contribution < 1.29 is 22.7 Å². The summed E-state index contributed by atoms with van der Waals surface area (Å²) in [5, 5.41) is 0. The average Bonchev–Trinajstić information content (AvgIpc) is 2.60. The number of carbonyl (C=O) groups is 1. The van der Waals surface area contributed by atoms with E-state index < -0.39 is 17.7 Å². The van der Waals surface area contributed by atoms with Gasteiger partial charge < -0.3 is 4.74 Å². The van der Waals surface area contributed by atoms with Crippen LogP contribution in [-0.2, 0) is 28.7 Å². The minimum Gasteiger partial charge on any atom is -0.459 e. The summed E-state index contributed by atoms with van der Waals surface area (Å²) in [6.07, 6.45) is -3.23. The number of halogens is 4. The number of rotatable bonds is 4. The van der Waals surface area contributed by atoms with Crippen LogP contribution in [0.5, 0.6) is 0 Å². The monoisotopic (exact) mass is 440 g/mol. The Morgan fingerprint density at radius 3 is 2.70 bits per heavy atom. The van der Waals surface area contributed by atoms with Crippen LogP contribution in [0.4, 0.5) is 13.2 Å². The summed E-state index contributed by atoms with van der Waals surface area (Å²) in [5.74, 6) is -0.716. The Balaban J connectivity index is 1.68. The molecule has 0 atom stereocenters. The molecule has 0 unspecified atom stereocenters. The number of alkyl halides is 3. The average molecular weight is 441 g/mol. The molecular formula is C18H12BrF3N2O3. The van der Waals surface area contributed by atoms with Gasteiger partial charge in [0, 0.05) is 16.7 Å². The van der Waals surface area contributed by atoms with E-state index in [0.717, 1.165) is 12.1 Å². The van der Waals surface area contributed by atoms with Crippen molar-refractivity contribution in [1.82, 2.24) is 9.38 Å². The van der Waals surface area contributed by atoms with Gasteiger partial charge in [-0.15, -0.1) is 0 Å². The lowest BCUT2D eigenvalue weighted by molar-refractivity contribution is -0.144. The molecule has 0 aliphatic carbocycles. The molecule has 9 heteroatoms. The fraction of sp³-hybridized carbons (Fsp3) is 0.167. The second kappa shape index (κ2) is 7.51. The highest BCUT2D eigenvalue weighted by molar-refractivity contribution is 9.10. The molecule has 3 rings (SSSR count). The lowest BCUT2D eigenvalue weighted by atomic mass is 10.1. The number of ether oxygens (including phenoxy) is 1. The molecule has 1 aromatic carbocycles. The number of benzene rings is 1. The van der Waals surface area contributed by atoms with E-state index in [4.69, 9.17) is 4.74 Å². The number of fused-ring (bicyclic) bond motifs is 1. The van der Waals surface area contributed by atoms with Crippen LogP contribution in [-0.4, -0.2) is 15.4 Å². The Bertz CT molecular complexity index is 1060. The summed E-state index contributed by atoms with van der Waals surface area (Å²) in [5.41, 5.74) is -0.353. The lowest BCUT2D eigenvalue weighted by Crippen LogP contribution is -2.17. The largest absolute Gasteiger partial charge is 0.459 e. The molecule has 0 saturated heterocycles. The first-order valence-electron chi connectivity index (χ1n) is 7.72. The maximum atomic E-state index is 12.7. The predicted octanol–water partition coefficient (Wildman–Crippen LogP) is 3.76. The molecule has 3 aromatic rings. The van der Waals surface area contributed by atoms with E-state index in [1.165, 1.54) is 22.6 Å². The number of esters is 1. The number of pyridine rings is 1. The van der Waals surface area contributed by atoms with Crippen molar-refractivity contribution in [2.24, 2.45) is 0 Å². The third-order valence-corrected chi connectivity index (χ3v) is 4.13. The van der Waals surface area contributed by atoms with Gasteiger partial charge in [0.05, 0.1) is 17.7 Å². The third kappa shape index (κ3) is 4.73. The SMILES string of the molecule is O=C(Cc1cccc(C(F)(F)F)c1)OCc1cc(=O)n2cc(Br)ccc2n1. The molecule has 0 saturated carbocycles. The Labute approximate surface area is 159 Å². The summed E-state index contributed by atoms with van der Waals surface area (Å²) >= 11 is 3.26. The van der Waals surface area contributed by atoms with Crippen LogP contribution < -0.4 is 5.56 Å². The standard InChI is InChI=1S/C18H12BrF3N2O3/c19-13-4-5-15-23-14(8-16(25)24(15)9-13)10-27-17(26)7-11-2-1-3-12(6-11)18(20,21)22/h1-6,8-9H,7,10H2. The third-order valence-electron chi connectivity index (χ3n) is 3.66. The van der Waals surface area contributed by atoms with E-state index in [-0.39, 0.29) is 29.8 Å². The van der Waals surface area contributed by atoms with Gasteiger partial charge in [0.15, 0.2) is 0 Å². The van der Waals surface area contributed by atoms with Crippen molar-refractivity contribution in [3.8, 4) is 0 Å².